The Bertz CT molecular complexity index is 862. The van der Waals surface area contributed by atoms with Crippen LogP contribution < -0.4 is 21.1 Å². The molecule has 1 aliphatic rings. The number of alkyl halides is 3. The van der Waals surface area contributed by atoms with E-state index in [-0.39, 0.29) is 24.0 Å². The van der Waals surface area contributed by atoms with Gasteiger partial charge in [-0.3, -0.25) is 4.79 Å². The minimum Gasteiger partial charge on any atom is -0.492 e. The zero-order chi connectivity index (χ0) is 20.3. The summed E-state index contributed by atoms with van der Waals surface area (Å²) in [4.78, 5) is 12.5. The maximum Gasteiger partial charge on any atom is 0.416 e. The highest BCUT2D eigenvalue weighted by atomic mass is 19.4. The first kappa shape index (κ1) is 20.0. The van der Waals surface area contributed by atoms with Crippen LogP contribution in [0, 0.1) is 6.92 Å². The van der Waals surface area contributed by atoms with E-state index in [4.69, 9.17) is 10.5 Å². The molecule has 0 spiro atoms. The molecule has 0 radical (unpaired) electrons. The number of aryl methyl sites for hydroxylation is 1. The number of nitrogens with two attached hydrogens (primary N) is 1. The first-order valence-corrected chi connectivity index (χ1v) is 8.98. The molecule has 1 atom stereocenters. The fraction of sp³-hybridized carbons (Fsp3) is 0.350. The Kier molecular flexibility index (Phi) is 5.79. The second-order valence-electron chi connectivity index (χ2n) is 6.87. The van der Waals surface area contributed by atoms with E-state index in [1.54, 1.807) is 18.2 Å². The quantitative estimate of drug-likeness (QED) is 0.672. The zero-order valence-electron chi connectivity index (χ0n) is 15.4. The minimum atomic E-state index is -4.59. The summed E-state index contributed by atoms with van der Waals surface area (Å²) in [5.41, 5.74) is 6.47. The average molecular weight is 393 g/mol. The number of carbonyl (C=O) groups is 1. The molecule has 2 aromatic carbocycles. The smallest absolute Gasteiger partial charge is 0.416 e. The number of rotatable bonds is 5. The molecule has 2 aromatic rings. The van der Waals surface area contributed by atoms with Crippen LogP contribution in [0.15, 0.2) is 36.4 Å². The van der Waals surface area contributed by atoms with E-state index in [1.165, 1.54) is 6.07 Å². The molecule has 0 aromatic heterocycles. The van der Waals surface area contributed by atoms with Crippen molar-refractivity contribution in [1.29, 1.82) is 0 Å². The molecule has 28 heavy (non-hydrogen) atoms. The van der Waals surface area contributed by atoms with Gasteiger partial charge in [0.15, 0.2) is 0 Å². The second kappa shape index (κ2) is 8.10. The maximum absolute atomic E-state index is 13.3. The zero-order valence-corrected chi connectivity index (χ0v) is 15.4. The SMILES string of the molecule is Cc1ccc(NC(=O)c2cc(OCC3CCCN3)cc(C(F)(F)F)c2)cc1N. The maximum atomic E-state index is 13.3. The Morgan fingerprint density at radius 1 is 1.29 bits per heavy atom. The Labute approximate surface area is 161 Å². The molecule has 1 heterocycles. The van der Waals surface area contributed by atoms with Crippen LogP contribution in [0.2, 0.25) is 0 Å². The second-order valence-corrected chi connectivity index (χ2v) is 6.87. The van der Waals surface area contributed by atoms with E-state index >= 15 is 0 Å². The number of anilines is 2. The molecule has 3 rings (SSSR count). The lowest BCUT2D eigenvalue weighted by Gasteiger charge is -2.16. The Morgan fingerprint density at radius 2 is 2.07 bits per heavy atom. The van der Waals surface area contributed by atoms with Gasteiger partial charge in [0.25, 0.3) is 5.91 Å². The number of hydrogen-bond donors (Lipinski definition) is 3. The largest absolute Gasteiger partial charge is 0.492 e. The van der Waals surface area contributed by atoms with Gasteiger partial charge >= 0.3 is 6.18 Å². The predicted octanol–water partition coefficient (Wildman–Crippen LogP) is 3.98. The first-order valence-electron chi connectivity index (χ1n) is 8.98. The molecule has 1 amide bonds. The van der Waals surface area contributed by atoms with Crippen LogP contribution in [-0.4, -0.2) is 25.1 Å². The van der Waals surface area contributed by atoms with Crippen molar-refractivity contribution in [1.82, 2.24) is 5.32 Å². The van der Waals surface area contributed by atoms with E-state index < -0.39 is 17.6 Å². The van der Waals surface area contributed by atoms with E-state index in [0.29, 0.717) is 11.4 Å². The highest BCUT2D eigenvalue weighted by Crippen LogP contribution is 2.33. The molecule has 4 N–H and O–H groups in total. The third-order valence-electron chi connectivity index (χ3n) is 4.65. The van der Waals surface area contributed by atoms with Gasteiger partial charge in [0.05, 0.1) is 5.56 Å². The summed E-state index contributed by atoms with van der Waals surface area (Å²) >= 11 is 0. The van der Waals surface area contributed by atoms with Gasteiger partial charge in [-0.15, -0.1) is 0 Å². The Balaban J connectivity index is 1.81. The van der Waals surface area contributed by atoms with Crippen molar-refractivity contribution in [3.63, 3.8) is 0 Å². The summed E-state index contributed by atoms with van der Waals surface area (Å²) in [5, 5.41) is 5.79. The summed E-state index contributed by atoms with van der Waals surface area (Å²) in [6.45, 7) is 2.93. The van der Waals surface area contributed by atoms with E-state index in [2.05, 4.69) is 10.6 Å². The molecular weight excluding hydrogens is 371 g/mol. The topological polar surface area (TPSA) is 76.4 Å². The van der Waals surface area contributed by atoms with Gasteiger partial charge in [-0.2, -0.15) is 13.2 Å². The van der Waals surface area contributed by atoms with Gasteiger partial charge in [-0.25, -0.2) is 0 Å². The van der Waals surface area contributed by atoms with Crippen LogP contribution in [0.4, 0.5) is 24.5 Å². The number of benzene rings is 2. The molecule has 5 nitrogen and oxygen atoms in total. The van der Waals surface area contributed by atoms with E-state index in [9.17, 15) is 18.0 Å². The molecular formula is C20H22F3N3O2. The standard InChI is InChI=1S/C20H22F3N3O2/c1-12-4-5-15(10-18(12)24)26-19(27)13-7-14(20(21,22)23)9-17(8-13)28-11-16-3-2-6-25-16/h4-5,7-10,16,25H,2-3,6,11,24H2,1H3,(H,26,27). The minimum absolute atomic E-state index is 0.0112. The van der Waals surface area contributed by atoms with Crippen LogP contribution in [-0.2, 0) is 6.18 Å². The van der Waals surface area contributed by atoms with Crippen molar-refractivity contribution < 1.29 is 22.7 Å². The Hall–Kier alpha value is -2.74. The molecule has 1 fully saturated rings. The fourth-order valence-corrected chi connectivity index (χ4v) is 2.99. The summed E-state index contributed by atoms with van der Waals surface area (Å²) in [5.74, 6) is -0.657. The number of carbonyl (C=O) groups excluding carboxylic acids is 1. The third-order valence-corrected chi connectivity index (χ3v) is 4.65. The van der Waals surface area contributed by atoms with Crippen molar-refractivity contribution in [3.8, 4) is 5.75 Å². The molecule has 1 aliphatic heterocycles. The number of halogens is 3. The predicted molar refractivity (Wildman–Crippen MR) is 102 cm³/mol. The van der Waals surface area contributed by atoms with Crippen molar-refractivity contribution in [2.45, 2.75) is 32.0 Å². The summed E-state index contributed by atoms with van der Waals surface area (Å²) < 4.78 is 45.3. The highest BCUT2D eigenvalue weighted by Gasteiger charge is 2.32. The Morgan fingerprint density at radius 3 is 2.71 bits per heavy atom. The van der Waals surface area contributed by atoms with E-state index in [1.807, 2.05) is 6.92 Å². The van der Waals surface area contributed by atoms with Gasteiger partial charge in [0, 0.05) is 23.0 Å². The van der Waals surface area contributed by atoms with Crippen molar-refractivity contribution in [2.75, 3.05) is 24.2 Å². The fourth-order valence-electron chi connectivity index (χ4n) is 2.99. The number of hydrogen-bond acceptors (Lipinski definition) is 4. The lowest BCUT2D eigenvalue weighted by Crippen LogP contribution is -2.28. The highest BCUT2D eigenvalue weighted by molar-refractivity contribution is 6.04. The molecule has 0 bridgehead atoms. The van der Waals surface area contributed by atoms with Crippen molar-refractivity contribution >= 4 is 17.3 Å². The van der Waals surface area contributed by atoms with Crippen molar-refractivity contribution in [3.05, 3.63) is 53.1 Å². The monoisotopic (exact) mass is 393 g/mol. The first-order chi connectivity index (χ1) is 13.2. The van der Waals surface area contributed by atoms with Crippen LogP contribution >= 0.6 is 0 Å². The molecule has 8 heteroatoms. The van der Waals surface area contributed by atoms with E-state index in [0.717, 1.165) is 37.1 Å². The summed E-state index contributed by atoms with van der Waals surface area (Å²) in [7, 11) is 0. The van der Waals surface area contributed by atoms with Gasteiger partial charge in [0.1, 0.15) is 12.4 Å². The lowest BCUT2D eigenvalue weighted by molar-refractivity contribution is -0.137. The molecule has 1 unspecified atom stereocenters. The number of nitrogen functional groups attached to an aromatic ring is 1. The van der Waals surface area contributed by atoms with Gasteiger partial charge in [-0.05, 0) is 62.2 Å². The number of nitrogens with one attached hydrogen (secondary N) is 2. The average Bonchev–Trinajstić information content (AvgIpc) is 3.15. The van der Waals surface area contributed by atoms with Crippen LogP contribution in [0.25, 0.3) is 0 Å². The van der Waals surface area contributed by atoms with Crippen LogP contribution in [0.3, 0.4) is 0 Å². The molecule has 0 aliphatic carbocycles. The molecule has 150 valence electrons. The normalized spacial score (nSPS) is 16.8. The number of amides is 1. The molecule has 1 saturated heterocycles. The lowest BCUT2D eigenvalue weighted by atomic mass is 10.1. The van der Waals surface area contributed by atoms with Crippen molar-refractivity contribution in [2.24, 2.45) is 0 Å². The van der Waals surface area contributed by atoms with Gasteiger partial charge in [-0.1, -0.05) is 6.07 Å². The van der Waals surface area contributed by atoms with Crippen LogP contribution in [0.5, 0.6) is 5.75 Å². The summed E-state index contributed by atoms with van der Waals surface area (Å²) in [6.07, 6.45) is -2.68. The third kappa shape index (κ3) is 4.95. The van der Waals surface area contributed by atoms with Crippen LogP contribution in [0.1, 0.15) is 34.3 Å². The van der Waals surface area contributed by atoms with Gasteiger partial charge < -0.3 is 21.1 Å². The summed E-state index contributed by atoms with van der Waals surface area (Å²) in [6, 6.07) is 8.06. The molecule has 0 saturated carbocycles. The number of ether oxygens (including phenoxy) is 1. The van der Waals surface area contributed by atoms with Gasteiger partial charge in [0.2, 0.25) is 0 Å².